The van der Waals surface area contributed by atoms with Crippen LogP contribution in [0, 0.1) is 11.8 Å². The zero-order valence-corrected chi connectivity index (χ0v) is 14.9. The standard InChI is InChI=1S/C22H29N/c1-6-8-11-20(7-2)23(21-12-9-10-17(3)15-21)22-16-18(4)13-14-19(22)5/h6-9,11-13,15-17,19H,2,10,14H2,1,3-5H3/b8-6-,20-11+. The fourth-order valence-corrected chi connectivity index (χ4v) is 3.05. The maximum atomic E-state index is 4.05. The third-order valence-corrected chi connectivity index (χ3v) is 4.37. The minimum absolute atomic E-state index is 0.499. The summed E-state index contributed by atoms with van der Waals surface area (Å²) in [5.41, 5.74) is 5.07. The summed E-state index contributed by atoms with van der Waals surface area (Å²) in [7, 11) is 0. The Labute approximate surface area is 141 Å². The molecule has 0 aromatic carbocycles. The number of allylic oxidation sites excluding steroid dienone is 11. The van der Waals surface area contributed by atoms with Gasteiger partial charge in [0.15, 0.2) is 0 Å². The highest BCUT2D eigenvalue weighted by atomic mass is 15.2. The van der Waals surface area contributed by atoms with E-state index < -0.39 is 0 Å². The largest absolute Gasteiger partial charge is 0.314 e. The van der Waals surface area contributed by atoms with Gasteiger partial charge < -0.3 is 4.90 Å². The first-order valence-corrected chi connectivity index (χ1v) is 8.59. The predicted octanol–water partition coefficient (Wildman–Crippen LogP) is 6.28. The first kappa shape index (κ1) is 17.3. The Morgan fingerprint density at radius 3 is 2.74 bits per heavy atom. The Morgan fingerprint density at radius 1 is 1.30 bits per heavy atom. The van der Waals surface area contributed by atoms with Crippen molar-refractivity contribution in [3.05, 3.63) is 83.9 Å². The molecule has 0 bridgehead atoms. The minimum atomic E-state index is 0.499. The minimum Gasteiger partial charge on any atom is -0.314 e. The second-order valence-corrected chi connectivity index (χ2v) is 6.52. The van der Waals surface area contributed by atoms with Crippen molar-refractivity contribution in [1.82, 2.24) is 4.90 Å². The number of hydrogen-bond acceptors (Lipinski definition) is 1. The molecule has 2 atom stereocenters. The summed E-state index contributed by atoms with van der Waals surface area (Å²) in [6, 6.07) is 0. The van der Waals surface area contributed by atoms with Gasteiger partial charge in [0.25, 0.3) is 0 Å². The Balaban J connectivity index is 2.53. The lowest BCUT2D eigenvalue weighted by atomic mass is 9.92. The van der Waals surface area contributed by atoms with Crippen molar-refractivity contribution in [1.29, 1.82) is 0 Å². The fraction of sp³-hybridized carbons (Fsp3) is 0.364. The van der Waals surface area contributed by atoms with Crippen molar-refractivity contribution >= 4 is 0 Å². The summed E-state index contributed by atoms with van der Waals surface area (Å²) in [5.74, 6) is 1.07. The van der Waals surface area contributed by atoms with E-state index in [1.165, 1.54) is 17.0 Å². The van der Waals surface area contributed by atoms with E-state index in [-0.39, 0.29) is 0 Å². The van der Waals surface area contributed by atoms with E-state index in [0.717, 1.165) is 18.5 Å². The molecular formula is C22H29N. The van der Waals surface area contributed by atoms with Gasteiger partial charge in [-0.15, -0.1) is 0 Å². The highest BCUT2D eigenvalue weighted by Gasteiger charge is 2.23. The van der Waals surface area contributed by atoms with Gasteiger partial charge in [-0.2, -0.15) is 0 Å². The SMILES string of the molecule is C=C/C(=C\C=C/C)N(C1=CC(C)CC=C1)C1=CC(C)=CCC1C. The van der Waals surface area contributed by atoms with Gasteiger partial charge in [-0.1, -0.05) is 56.4 Å². The van der Waals surface area contributed by atoms with Crippen molar-refractivity contribution in [3.8, 4) is 0 Å². The summed E-state index contributed by atoms with van der Waals surface area (Å²) in [4.78, 5) is 2.38. The maximum Gasteiger partial charge on any atom is 0.0452 e. The van der Waals surface area contributed by atoms with E-state index in [4.69, 9.17) is 0 Å². The highest BCUT2D eigenvalue weighted by molar-refractivity contribution is 5.41. The molecule has 122 valence electrons. The van der Waals surface area contributed by atoms with Crippen LogP contribution in [0.1, 0.15) is 40.5 Å². The fourth-order valence-electron chi connectivity index (χ4n) is 3.05. The topological polar surface area (TPSA) is 3.24 Å². The monoisotopic (exact) mass is 307 g/mol. The lowest BCUT2D eigenvalue weighted by Crippen LogP contribution is -2.26. The van der Waals surface area contributed by atoms with E-state index in [2.05, 4.69) is 80.9 Å². The second kappa shape index (κ2) is 8.01. The highest BCUT2D eigenvalue weighted by Crippen LogP contribution is 2.34. The summed E-state index contributed by atoms with van der Waals surface area (Å²) in [6.45, 7) is 12.8. The van der Waals surface area contributed by atoms with Gasteiger partial charge in [0.05, 0.1) is 0 Å². The molecule has 0 N–H and O–H groups in total. The van der Waals surface area contributed by atoms with Gasteiger partial charge in [-0.25, -0.2) is 0 Å². The summed E-state index contributed by atoms with van der Waals surface area (Å²) in [5, 5.41) is 0. The Morgan fingerprint density at radius 2 is 2.09 bits per heavy atom. The van der Waals surface area contributed by atoms with Crippen LogP contribution in [0.3, 0.4) is 0 Å². The number of nitrogens with zero attached hydrogens (tertiary/aromatic N) is 1. The van der Waals surface area contributed by atoms with Crippen LogP contribution in [0.4, 0.5) is 0 Å². The van der Waals surface area contributed by atoms with E-state index >= 15 is 0 Å². The van der Waals surface area contributed by atoms with Crippen LogP contribution < -0.4 is 0 Å². The van der Waals surface area contributed by atoms with Gasteiger partial charge in [-0.05, 0) is 56.9 Å². The molecule has 2 aliphatic rings. The smallest absolute Gasteiger partial charge is 0.0452 e. The van der Waals surface area contributed by atoms with Crippen molar-refractivity contribution in [2.45, 2.75) is 40.5 Å². The van der Waals surface area contributed by atoms with Crippen LogP contribution in [0.25, 0.3) is 0 Å². The summed E-state index contributed by atoms with van der Waals surface area (Å²) >= 11 is 0. The molecule has 2 unspecified atom stereocenters. The molecule has 0 spiro atoms. The third-order valence-electron chi connectivity index (χ3n) is 4.37. The molecule has 0 amide bonds. The molecule has 0 fully saturated rings. The molecule has 2 aliphatic carbocycles. The zero-order valence-electron chi connectivity index (χ0n) is 14.9. The van der Waals surface area contributed by atoms with Crippen LogP contribution in [-0.2, 0) is 0 Å². The number of rotatable bonds is 5. The van der Waals surface area contributed by atoms with E-state index in [1.807, 2.05) is 13.0 Å². The first-order valence-electron chi connectivity index (χ1n) is 8.59. The van der Waals surface area contributed by atoms with Crippen LogP contribution in [0.2, 0.25) is 0 Å². The lowest BCUT2D eigenvalue weighted by molar-refractivity contribution is 0.454. The first-order chi connectivity index (χ1) is 11.1. The van der Waals surface area contributed by atoms with Gasteiger partial charge in [0.1, 0.15) is 0 Å². The molecule has 1 heteroatoms. The van der Waals surface area contributed by atoms with E-state index in [9.17, 15) is 0 Å². The van der Waals surface area contributed by atoms with Gasteiger partial charge >= 0.3 is 0 Å². The quantitative estimate of drug-likeness (QED) is 0.540. The van der Waals surface area contributed by atoms with Gasteiger partial charge in [0, 0.05) is 23.0 Å². The van der Waals surface area contributed by atoms with Crippen molar-refractivity contribution in [2.24, 2.45) is 11.8 Å². The molecule has 0 radical (unpaired) electrons. The molecule has 2 rings (SSSR count). The van der Waals surface area contributed by atoms with Crippen LogP contribution in [-0.4, -0.2) is 4.90 Å². The molecule has 0 saturated heterocycles. The maximum absolute atomic E-state index is 4.05. The Hall–Kier alpha value is -2.02. The van der Waals surface area contributed by atoms with Crippen LogP contribution in [0.5, 0.6) is 0 Å². The molecule has 23 heavy (non-hydrogen) atoms. The van der Waals surface area contributed by atoms with Crippen LogP contribution in [0.15, 0.2) is 83.9 Å². The van der Waals surface area contributed by atoms with Gasteiger partial charge in [0.2, 0.25) is 0 Å². The average molecular weight is 307 g/mol. The van der Waals surface area contributed by atoms with Crippen molar-refractivity contribution in [2.75, 3.05) is 0 Å². The predicted molar refractivity (Wildman–Crippen MR) is 102 cm³/mol. The molecular weight excluding hydrogens is 278 g/mol. The van der Waals surface area contributed by atoms with E-state index in [0.29, 0.717) is 11.8 Å². The second-order valence-electron chi connectivity index (χ2n) is 6.52. The zero-order chi connectivity index (χ0) is 16.8. The van der Waals surface area contributed by atoms with Crippen molar-refractivity contribution < 1.29 is 0 Å². The summed E-state index contributed by atoms with van der Waals surface area (Å²) in [6.07, 6.45) is 22.0. The number of hydrogen-bond donors (Lipinski definition) is 0. The lowest BCUT2D eigenvalue weighted by Gasteiger charge is -2.35. The molecule has 0 aliphatic heterocycles. The molecule has 1 nitrogen and oxygen atoms in total. The molecule has 0 aromatic rings. The van der Waals surface area contributed by atoms with E-state index in [1.54, 1.807) is 0 Å². The van der Waals surface area contributed by atoms with Crippen molar-refractivity contribution in [3.63, 3.8) is 0 Å². The molecule has 0 heterocycles. The Kier molecular flexibility index (Phi) is 6.04. The third kappa shape index (κ3) is 4.25. The summed E-state index contributed by atoms with van der Waals surface area (Å²) < 4.78 is 0. The molecule has 0 aromatic heterocycles. The average Bonchev–Trinajstić information content (AvgIpc) is 2.54. The normalized spacial score (nSPS) is 25.0. The van der Waals surface area contributed by atoms with Gasteiger partial charge in [-0.3, -0.25) is 0 Å². The Bertz CT molecular complexity index is 622. The molecule has 0 saturated carbocycles. The van der Waals surface area contributed by atoms with Crippen LogP contribution >= 0.6 is 0 Å².